The molecule has 1 atom stereocenters. The maximum Gasteiger partial charge on any atom is 0.239 e. The van der Waals surface area contributed by atoms with Gasteiger partial charge in [-0.1, -0.05) is 0 Å². The van der Waals surface area contributed by atoms with Gasteiger partial charge in [0.1, 0.15) is 0 Å². The summed E-state index contributed by atoms with van der Waals surface area (Å²) >= 11 is 0. The fourth-order valence-electron chi connectivity index (χ4n) is 1.35. The Morgan fingerprint density at radius 3 is 3.09 bits per heavy atom. The molecule has 0 saturated carbocycles. The predicted molar refractivity (Wildman–Crippen MR) is 42.9 cm³/mol. The lowest BCUT2D eigenvalue weighted by Gasteiger charge is -2.13. The Labute approximate surface area is 66.4 Å². The highest BCUT2D eigenvalue weighted by Crippen LogP contribution is 2.15. The molecule has 0 aromatic heterocycles. The lowest BCUT2D eigenvalue weighted by molar-refractivity contribution is 0.357. The van der Waals surface area contributed by atoms with Gasteiger partial charge in [0.2, 0.25) is 6.08 Å². The van der Waals surface area contributed by atoms with Gasteiger partial charge < -0.3 is 0 Å². The Hall–Kier alpha value is -0.920. The van der Waals surface area contributed by atoms with Crippen molar-refractivity contribution in [1.29, 1.82) is 0 Å². The van der Waals surface area contributed by atoms with E-state index in [0.717, 1.165) is 6.54 Å². The highest BCUT2D eigenvalue weighted by Gasteiger charge is 2.17. The highest BCUT2D eigenvalue weighted by atomic mass is 16.1. The van der Waals surface area contributed by atoms with Crippen molar-refractivity contribution in [3.05, 3.63) is 12.3 Å². The van der Waals surface area contributed by atoms with Crippen LogP contribution < -0.4 is 0 Å². The maximum absolute atomic E-state index is 9.70. The van der Waals surface area contributed by atoms with E-state index in [1.54, 1.807) is 0 Å². The van der Waals surface area contributed by atoms with E-state index in [-0.39, 0.29) is 0 Å². The van der Waals surface area contributed by atoms with Gasteiger partial charge in [-0.25, -0.2) is 4.79 Å². The summed E-state index contributed by atoms with van der Waals surface area (Å²) in [5.41, 5.74) is 0. The summed E-state index contributed by atoms with van der Waals surface area (Å²) in [5.74, 6) is 0. The van der Waals surface area contributed by atoms with Gasteiger partial charge in [-0.05, 0) is 32.5 Å². The van der Waals surface area contributed by atoms with Crippen molar-refractivity contribution in [2.75, 3.05) is 13.6 Å². The minimum Gasteiger partial charge on any atom is -0.300 e. The molecule has 60 valence electrons. The first-order valence-corrected chi connectivity index (χ1v) is 3.78. The number of rotatable bonds is 2. The number of hydrogen-bond acceptors (Lipinski definition) is 3. The predicted octanol–water partition coefficient (Wildman–Crippen LogP) is 0.930. The van der Waals surface area contributed by atoms with Crippen molar-refractivity contribution in [2.24, 2.45) is 4.99 Å². The summed E-state index contributed by atoms with van der Waals surface area (Å²) in [6.45, 7) is 1.14. The van der Waals surface area contributed by atoms with Gasteiger partial charge in [-0.3, -0.25) is 4.90 Å². The molecule has 1 fully saturated rings. The Morgan fingerprint density at radius 1 is 1.73 bits per heavy atom. The second-order valence-corrected chi connectivity index (χ2v) is 2.75. The van der Waals surface area contributed by atoms with Crippen molar-refractivity contribution >= 4 is 6.08 Å². The van der Waals surface area contributed by atoms with E-state index in [1.165, 1.54) is 25.1 Å². The van der Waals surface area contributed by atoms with E-state index < -0.39 is 0 Å². The number of likely N-dealkylation sites (N-methyl/N-ethyl adjacent to an activating group) is 1. The normalized spacial score (nSPS) is 25.7. The molecular formula is C8H12N2O. The average Bonchev–Trinajstić information content (AvgIpc) is 2.37. The van der Waals surface area contributed by atoms with E-state index in [0.29, 0.717) is 6.04 Å². The van der Waals surface area contributed by atoms with Crippen LogP contribution in [0.15, 0.2) is 17.3 Å². The Balaban J connectivity index is 2.41. The van der Waals surface area contributed by atoms with Gasteiger partial charge in [0.05, 0.1) is 0 Å². The third kappa shape index (κ3) is 2.30. The van der Waals surface area contributed by atoms with Gasteiger partial charge in [0.15, 0.2) is 0 Å². The SMILES string of the molecule is CN1CCC[C@H]1/C=C/N=C=O. The lowest BCUT2D eigenvalue weighted by atomic mass is 10.2. The van der Waals surface area contributed by atoms with E-state index in [2.05, 4.69) is 16.9 Å². The van der Waals surface area contributed by atoms with E-state index in [1.807, 2.05) is 6.08 Å². The van der Waals surface area contributed by atoms with E-state index >= 15 is 0 Å². The second-order valence-electron chi connectivity index (χ2n) is 2.75. The first-order valence-electron chi connectivity index (χ1n) is 3.78. The highest BCUT2D eigenvalue weighted by molar-refractivity contribution is 5.34. The number of likely N-dealkylation sites (tertiary alicyclic amines) is 1. The van der Waals surface area contributed by atoms with Gasteiger partial charge in [0, 0.05) is 12.2 Å². The fourth-order valence-corrected chi connectivity index (χ4v) is 1.35. The van der Waals surface area contributed by atoms with Crippen molar-refractivity contribution in [3.8, 4) is 0 Å². The number of isocyanates is 1. The van der Waals surface area contributed by atoms with Crippen LogP contribution in [0.5, 0.6) is 0 Å². The largest absolute Gasteiger partial charge is 0.300 e. The topological polar surface area (TPSA) is 32.7 Å². The molecule has 3 heteroatoms. The van der Waals surface area contributed by atoms with Crippen LogP contribution in [0.4, 0.5) is 0 Å². The Morgan fingerprint density at radius 2 is 2.55 bits per heavy atom. The van der Waals surface area contributed by atoms with Crippen molar-refractivity contribution in [2.45, 2.75) is 18.9 Å². The first-order chi connectivity index (χ1) is 5.34. The maximum atomic E-state index is 9.70. The zero-order valence-electron chi connectivity index (χ0n) is 6.66. The third-order valence-corrected chi connectivity index (χ3v) is 2.01. The van der Waals surface area contributed by atoms with Crippen LogP contribution in [0.1, 0.15) is 12.8 Å². The fraction of sp³-hybridized carbons (Fsp3) is 0.625. The molecule has 0 spiro atoms. The molecule has 0 aromatic rings. The molecule has 0 aromatic carbocycles. The van der Waals surface area contributed by atoms with Gasteiger partial charge in [0.25, 0.3) is 0 Å². The molecule has 1 heterocycles. The first kappa shape index (κ1) is 8.18. The summed E-state index contributed by atoms with van der Waals surface area (Å²) in [4.78, 5) is 15.3. The number of carbonyl (C=O) groups excluding carboxylic acids is 1. The number of hydrogen-bond donors (Lipinski definition) is 0. The molecule has 3 nitrogen and oxygen atoms in total. The summed E-state index contributed by atoms with van der Waals surface area (Å²) < 4.78 is 0. The molecule has 11 heavy (non-hydrogen) atoms. The standard InChI is InChI=1S/C8H12N2O/c1-10-6-2-3-8(10)4-5-9-7-11/h4-5,8H,2-3,6H2,1H3/b5-4+/t8-/m0/s1. The van der Waals surface area contributed by atoms with Crippen LogP contribution in [0.3, 0.4) is 0 Å². The molecule has 1 rings (SSSR count). The molecule has 1 saturated heterocycles. The number of aliphatic imine (C=N–C) groups is 1. The average molecular weight is 152 g/mol. The molecule has 0 unspecified atom stereocenters. The molecule has 0 aliphatic carbocycles. The van der Waals surface area contributed by atoms with Crippen LogP contribution in [0.25, 0.3) is 0 Å². The number of nitrogens with zero attached hydrogens (tertiary/aromatic N) is 2. The molecule has 0 N–H and O–H groups in total. The van der Waals surface area contributed by atoms with Crippen molar-refractivity contribution < 1.29 is 4.79 Å². The molecule has 1 aliphatic heterocycles. The second kappa shape index (κ2) is 4.06. The monoisotopic (exact) mass is 152 g/mol. The molecule has 0 amide bonds. The van der Waals surface area contributed by atoms with Crippen LogP contribution >= 0.6 is 0 Å². The Kier molecular flexibility index (Phi) is 3.02. The van der Waals surface area contributed by atoms with Crippen molar-refractivity contribution in [1.82, 2.24) is 4.90 Å². The summed E-state index contributed by atoms with van der Waals surface area (Å²) in [7, 11) is 2.08. The molecule has 0 bridgehead atoms. The van der Waals surface area contributed by atoms with Gasteiger partial charge >= 0.3 is 0 Å². The minimum absolute atomic E-state index is 0.465. The summed E-state index contributed by atoms with van der Waals surface area (Å²) in [6.07, 6.45) is 7.35. The summed E-state index contributed by atoms with van der Waals surface area (Å²) in [6, 6.07) is 0.465. The van der Waals surface area contributed by atoms with Gasteiger partial charge in [-0.2, -0.15) is 4.99 Å². The molecule has 1 aliphatic rings. The van der Waals surface area contributed by atoms with Crippen LogP contribution in [-0.4, -0.2) is 30.6 Å². The smallest absolute Gasteiger partial charge is 0.239 e. The van der Waals surface area contributed by atoms with Crippen LogP contribution in [0.2, 0.25) is 0 Å². The van der Waals surface area contributed by atoms with Crippen LogP contribution in [-0.2, 0) is 4.79 Å². The quantitative estimate of drug-likeness (QED) is 0.435. The van der Waals surface area contributed by atoms with E-state index in [9.17, 15) is 4.79 Å². The van der Waals surface area contributed by atoms with Gasteiger partial charge in [-0.15, -0.1) is 0 Å². The zero-order valence-corrected chi connectivity index (χ0v) is 6.66. The minimum atomic E-state index is 0.465. The van der Waals surface area contributed by atoms with Crippen molar-refractivity contribution in [3.63, 3.8) is 0 Å². The Bertz CT molecular complexity index is 194. The lowest BCUT2D eigenvalue weighted by Crippen LogP contribution is -2.22. The molecule has 0 radical (unpaired) electrons. The van der Waals surface area contributed by atoms with E-state index in [4.69, 9.17) is 0 Å². The third-order valence-electron chi connectivity index (χ3n) is 2.01. The summed E-state index contributed by atoms with van der Waals surface area (Å²) in [5, 5.41) is 0. The zero-order chi connectivity index (χ0) is 8.10. The molecular weight excluding hydrogens is 140 g/mol. The van der Waals surface area contributed by atoms with Crippen LogP contribution in [0, 0.1) is 0 Å².